The number of hydrogen-bond donors (Lipinski definition) is 0. The highest BCUT2D eigenvalue weighted by atomic mass is 19.1. The Morgan fingerprint density at radius 1 is 1.47 bits per heavy atom. The SMILES string of the molecule is C#CCC(CCC)c1ccc(F)c(C)c1. The molecule has 0 radical (unpaired) electrons. The Balaban J connectivity index is 2.91. The number of benzene rings is 1. The van der Waals surface area contributed by atoms with Crippen LogP contribution >= 0.6 is 0 Å². The summed E-state index contributed by atoms with van der Waals surface area (Å²) in [5.41, 5.74) is 1.86. The predicted molar refractivity (Wildman–Crippen MR) is 62.2 cm³/mol. The molecule has 0 aliphatic rings. The summed E-state index contributed by atoms with van der Waals surface area (Å²) < 4.78 is 13.1. The molecule has 0 N–H and O–H groups in total. The van der Waals surface area contributed by atoms with E-state index in [0.717, 1.165) is 24.8 Å². The Labute approximate surface area is 91.5 Å². The van der Waals surface area contributed by atoms with Crippen LogP contribution in [0.3, 0.4) is 0 Å². The molecule has 1 aromatic carbocycles. The highest BCUT2D eigenvalue weighted by molar-refractivity contribution is 5.27. The molecule has 1 atom stereocenters. The fourth-order valence-electron chi connectivity index (χ4n) is 1.80. The lowest BCUT2D eigenvalue weighted by atomic mass is 9.91. The minimum atomic E-state index is -0.144. The van der Waals surface area contributed by atoms with Gasteiger partial charge in [0.2, 0.25) is 0 Å². The van der Waals surface area contributed by atoms with Gasteiger partial charge in [-0.1, -0.05) is 25.5 Å². The Morgan fingerprint density at radius 2 is 2.20 bits per heavy atom. The molecule has 0 spiro atoms. The average molecular weight is 204 g/mol. The van der Waals surface area contributed by atoms with Crippen molar-refractivity contribution in [2.24, 2.45) is 0 Å². The smallest absolute Gasteiger partial charge is 0.126 e. The Morgan fingerprint density at radius 3 is 2.73 bits per heavy atom. The van der Waals surface area contributed by atoms with Gasteiger partial charge in [-0.05, 0) is 36.5 Å². The second-order valence-corrected chi connectivity index (χ2v) is 3.90. The largest absolute Gasteiger partial charge is 0.207 e. The van der Waals surface area contributed by atoms with E-state index in [0.29, 0.717) is 11.5 Å². The van der Waals surface area contributed by atoms with E-state index >= 15 is 0 Å². The van der Waals surface area contributed by atoms with Crippen LogP contribution in [-0.2, 0) is 0 Å². The van der Waals surface area contributed by atoms with E-state index in [9.17, 15) is 4.39 Å². The normalized spacial score (nSPS) is 12.1. The summed E-state index contributed by atoms with van der Waals surface area (Å²) in [5, 5.41) is 0. The van der Waals surface area contributed by atoms with Gasteiger partial charge < -0.3 is 0 Å². The zero-order valence-electron chi connectivity index (χ0n) is 9.39. The van der Waals surface area contributed by atoms with Gasteiger partial charge in [0.1, 0.15) is 5.82 Å². The first-order valence-corrected chi connectivity index (χ1v) is 5.38. The van der Waals surface area contributed by atoms with E-state index in [1.807, 2.05) is 12.1 Å². The van der Waals surface area contributed by atoms with E-state index in [-0.39, 0.29) is 5.82 Å². The standard InChI is InChI=1S/C14H17F/c1-4-6-12(7-5-2)13-8-9-14(15)11(3)10-13/h1,8-10,12H,5-7H2,2-3H3. The van der Waals surface area contributed by atoms with Crippen LogP contribution in [0.15, 0.2) is 18.2 Å². The fraction of sp³-hybridized carbons (Fsp3) is 0.429. The van der Waals surface area contributed by atoms with Crippen molar-refractivity contribution in [3.05, 3.63) is 35.1 Å². The first-order chi connectivity index (χ1) is 7.19. The third-order valence-corrected chi connectivity index (χ3v) is 2.65. The van der Waals surface area contributed by atoms with Crippen LogP contribution in [0, 0.1) is 25.1 Å². The quantitative estimate of drug-likeness (QED) is 0.649. The van der Waals surface area contributed by atoms with Crippen molar-refractivity contribution in [2.45, 2.75) is 39.0 Å². The molecule has 0 amide bonds. The molecule has 0 saturated heterocycles. The van der Waals surface area contributed by atoms with E-state index < -0.39 is 0 Å². The molecule has 0 aliphatic heterocycles. The molecule has 0 fully saturated rings. The van der Waals surface area contributed by atoms with Crippen molar-refractivity contribution in [2.75, 3.05) is 0 Å². The summed E-state index contributed by atoms with van der Waals surface area (Å²) >= 11 is 0. The van der Waals surface area contributed by atoms with Gasteiger partial charge in [0.15, 0.2) is 0 Å². The van der Waals surface area contributed by atoms with Crippen molar-refractivity contribution in [3.8, 4) is 12.3 Å². The van der Waals surface area contributed by atoms with Gasteiger partial charge in [-0.3, -0.25) is 0 Å². The molecule has 1 heteroatoms. The maximum absolute atomic E-state index is 13.1. The van der Waals surface area contributed by atoms with Gasteiger partial charge in [0.05, 0.1) is 0 Å². The molecule has 1 unspecified atom stereocenters. The Bertz CT molecular complexity index is 360. The topological polar surface area (TPSA) is 0 Å². The molecule has 1 aromatic rings. The first-order valence-electron chi connectivity index (χ1n) is 5.38. The number of rotatable bonds is 4. The van der Waals surface area contributed by atoms with Crippen LogP contribution in [-0.4, -0.2) is 0 Å². The molecule has 80 valence electrons. The highest BCUT2D eigenvalue weighted by Crippen LogP contribution is 2.25. The molecule has 1 rings (SSSR count). The summed E-state index contributed by atoms with van der Waals surface area (Å²) in [7, 11) is 0. The summed E-state index contributed by atoms with van der Waals surface area (Å²) in [6, 6.07) is 5.29. The second-order valence-electron chi connectivity index (χ2n) is 3.90. The van der Waals surface area contributed by atoms with Crippen molar-refractivity contribution in [1.82, 2.24) is 0 Å². The number of aryl methyl sites for hydroxylation is 1. The fourth-order valence-corrected chi connectivity index (χ4v) is 1.80. The van der Waals surface area contributed by atoms with E-state index in [2.05, 4.69) is 12.8 Å². The summed E-state index contributed by atoms with van der Waals surface area (Å²) in [6.45, 7) is 3.93. The zero-order valence-corrected chi connectivity index (χ0v) is 9.39. The van der Waals surface area contributed by atoms with Crippen LogP contribution in [0.25, 0.3) is 0 Å². The lowest BCUT2D eigenvalue weighted by Crippen LogP contribution is -1.99. The van der Waals surface area contributed by atoms with Crippen molar-refractivity contribution < 1.29 is 4.39 Å². The molecule has 0 aromatic heterocycles. The van der Waals surface area contributed by atoms with Gasteiger partial charge in [0, 0.05) is 6.42 Å². The zero-order chi connectivity index (χ0) is 11.3. The average Bonchev–Trinajstić information content (AvgIpc) is 2.22. The predicted octanol–water partition coefficient (Wildman–Crippen LogP) is 4.04. The summed E-state index contributed by atoms with van der Waals surface area (Å²) in [4.78, 5) is 0. The van der Waals surface area contributed by atoms with E-state index in [4.69, 9.17) is 6.42 Å². The first kappa shape index (κ1) is 11.8. The molecule has 0 heterocycles. The van der Waals surface area contributed by atoms with Crippen molar-refractivity contribution in [3.63, 3.8) is 0 Å². The number of halogens is 1. The van der Waals surface area contributed by atoms with E-state index in [1.165, 1.54) is 6.07 Å². The van der Waals surface area contributed by atoms with Crippen LogP contribution in [0.1, 0.15) is 43.2 Å². The number of hydrogen-bond acceptors (Lipinski definition) is 0. The second kappa shape index (κ2) is 5.56. The summed E-state index contributed by atoms with van der Waals surface area (Å²) in [5.74, 6) is 2.92. The Kier molecular flexibility index (Phi) is 4.37. The highest BCUT2D eigenvalue weighted by Gasteiger charge is 2.10. The third-order valence-electron chi connectivity index (χ3n) is 2.65. The maximum atomic E-state index is 13.1. The molecule has 0 saturated carbocycles. The van der Waals surface area contributed by atoms with Crippen LogP contribution in [0.4, 0.5) is 4.39 Å². The molecular formula is C14H17F. The number of terminal acetylenes is 1. The third kappa shape index (κ3) is 3.09. The minimum Gasteiger partial charge on any atom is -0.207 e. The van der Waals surface area contributed by atoms with Crippen LogP contribution < -0.4 is 0 Å². The van der Waals surface area contributed by atoms with Gasteiger partial charge >= 0.3 is 0 Å². The van der Waals surface area contributed by atoms with Gasteiger partial charge in [0.25, 0.3) is 0 Å². The van der Waals surface area contributed by atoms with Crippen LogP contribution in [0.2, 0.25) is 0 Å². The van der Waals surface area contributed by atoms with Gasteiger partial charge in [-0.25, -0.2) is 4.39 Å². The van der Waals surface area contributed by atoms with Crippen molar-refractivity contribution >= 4 is 0 Å². The molecule has 0 bridgehead atoms. The molecule has 0 nitrogen and oxygen atoms in total. The minimum absolute atomic E-state index is 0.144. The van der Waals surface area contributed by atoms with E-state index in [1.54, 1.807) is 6.92 Å². The Hall–Kier alpha value is -1.29. The summed E-state index contributed by atoms with van der Waals surface area (Å²) in [6.07, 6.45) is 8.24. The lowest BCUT2D eigenvalue weighted by molar-refractivity contribution is 0.605. The van der Waals surface area contributed by atoms with Crippen molar-refractivity contribution in [1.29, 1.82) is 0 Å². The molecule has 15 heavy (non-hydrogen) atoms. The van der Waals surface area contributed by atoms with Gasteiger partial charge in [-0.15, -0.1) is 12.3 Å². The monoisotopic (exact) mass is 204 g/mol. The molecule has 0 aliphatic carbocycles. The lowest BCUT2D eigenvalue weighted by Gasteiger charge is -2.14. The maximum Gasteiger partial charge on any atom is 0.126 e. The van der Waals surface area contributed by atoms with Crippen LogP contribution in [0.5, 0.6) is 0 Å². The molecular weight excluding hydrogens is 187 g/mol. The van der Waals surface area contributed by atoms with Gasteiger partial charge in [-0.2, -0.15) is 0 Å².